The number of unbranched alkanes of at least 4 members (excludes halogenated alkanes) is 1. The van der Waals surface area contributed by atoms with E-state index in [1.165, 1.54) is 5.56 Å². The maximum absolute atomic E-state index is 11.8. The molecule has 0 radical (unpaired) electrons. The topological polar surface area (TPSA) is 75.2 Å². The van der Waals surface area contributed by atoms with Gasteiger partial charge >= 0.3 is 6.09 Å². The molecule has 0 aromatic heterocycles. The van der Waals surface area contributed by atoms with E-state index >= 15 is 0 Å². The fourth-order valence-corrected chi connectivity index (χ4v) is 3.11. The number of carbonyl (C=O) groups is 1. The predicted molar refractivity (Wildman–Crippen MR) is 111 cm³/mol. The van der Waals surface area contributed by atoms with Crippen molar-refractivity contribution in [1.82, 2.24) is 15.5 Å². The summed E-state index contributed by atoms with van der Waals surface area (Å²) in [6.07, 6.45) is 3.61. The largest absolute Gasteiger partial charge is 0.450 e. The molecule has 28 heavy (non-hydrogen) atoms. The lowest BCUT2D eigenvalue weighted by molar-refractivity contribution is 0.0963. The van der Waals surface area contributed by atoms with Crippen LogP contribution in [0.5, 0.6) is 0 Å². The van der Waals surface area contributed by atoms with Crippen LogP contribution in [0, 0.1) is 0 Å². The minimum Gasteiger partial charge on any atom is -0.450 e. The first-order valence-corrected chi connectivity index (χ1v) is 10.2. The van der Waals surface area contributed by atoms with Crippen LogP contribution in [-0.2, 0) is 16.1 Å². The summed E-state index contributed by atoms with van der Waals surface area (Å²) in [6, 6.07) is 10.6. The zero-order valence-electron chi connectivity index (χ0n) is 17.2. The van der Waals surface area contributed by atoms with E-state index in [0.29, 0.717) is 32.3 Å². The third-order valence-corrected chi connectivity index (χ3v) is 4.70. The Balaban J connectivity index is 1.53. The van der Waals surface area contributed by atoms with Gasteiger partial charge in [0.25, 0.3) is 0 Å². The standard InChI is InChI=1S/C21H34N4O3/c1-3-28-21(26)25-14-11-19(12-15-25)24-20(22-2)23-13-7-8-16-27-17-18-9-5-4-6-10-18/h4-6,9-10,19H,3,7-8,11-17H2,1-2H3,(H2,22,23,24). The molecule has 1 aromatic rings. The number of hydrogen-bond acceptors (Lipinski definition) is 4. The molecule has 1 amide bonds. The number of hydrogen-bond donors (Lipinski definition) is 2. The quantitative estimate of drug-likeness (QED) is 0.385. The number of nitrogens with zero attached hydrogens (tertiary/aromatic N) is 2. The highest BCUT2D eigenvalue weighted by atomic mass is 16.6. The third-order valence-electron chi connectivity index (χ3n) is 4.70. The van der Waals surface area contributed by atoms with Crippen molar-refractivity contribution >= 4 is 12.1 Å². The van der Waals surface area contributed by atoms with Gasteiger partial charge < -0.3 is 25.0 Å². The average molecular weight is 391 g/mol. The van der Waals surface area contributed by atoms with Crippen LogP contribution in [0.4, 0.5) is 4.79 Å². The number of nitrogens with one attached hydrogen (secondary N) is 2. The minimum atomic E-state index is -0.210. The summed E-state index contributed by atoms with van der Waals surface area (Å²) in [7, 11) is 1.78. The Bertz CT molecular complexity index is 587. The zero-order chi connectivity index (χ0) is 20.0. The van der Waals surface area contributed by atoms with E-state index in [4.69, 9.17) is 9.47 Å². The monoisotopic (exact) mass is 390 g/mol. The molecule has 0 aliphatic carbocycles. The number of piperidine rings is 1. The number of ether oxygens (including phenoxy) is 2. The van der Waals surface area contributed by atoms with E-state index < -0.39 is 0 Å². The van der Waals surface area contributed by atoms with Gasteiger partial charge in [-0.3, -0.25) is 4.99 Å². The van der Waals surface area contributed by atoms with Gasteiger partial charge in [-0.25, -0.2) is 4.79 Å². The number of benzene rings is 1. The smallest absolute Gasteiger partial charge is 0.409 e. The van der Waals surface area contributed by atoms with Crippen molar-refractivity contribution in [2.75, 3.05) is 39.9 Å². The van der Waals surface area contributed by atoms with E-state index in [1.807, 2.05) is 25.1 Å². The van der Waals surface area contributed by atoms with Crippen molar-refractivity contribution < 1.29 is 14.3 Å². The Morgan fingerprint density at radius 3 is 2.64 bits per heavy atom. The first kappa shape index (κ1) is 22.0. The molecule has 0 spiro atoms. The second-order valence-electron chi connectivity index (χ2n) is 6.85. The SMILES string of the molecule is CCOC(=O)N1CCC(NC(=NC)NCCCCOCc2ccccc2)CC1. The number of guanidine groups is 1. The molecular formula is C21H34N4O3. The highest BCUT2D eigenvalue weighted by Crippen LogP contribution is 2.11. The summed E-state index contributed by atoms with van der Waals surface area (Å²) in [5.41, 5.74) is 1.21. The molecule has 0 bridgehead atoms. The molecule has 156 valence electrons. The molecule has 1 fully saturated rings. The third kappa shape index (κ3) is 8.17. The van der Waals surface area contributed by atoms with Gasteiger partial charge in [0.2, 0.25) is 0 Å². The zero-order valence-corrected chi connectivity index (χ0v) is 17.2. The van der Waals surface area contributed by atoms with Crippen LogP contribution in [-0.4, -0.2) is 62.9 Å². The Labute approximate surface area is 168 Å². The summed E-state index contributed by atoms with van der Waals surface area (Å²) in [5.74, 6) is 0.819. The lowest BCUT2D eigenvalue weighted by Gasteiger charge is -2.32. The molecule has 1 heterocycles. The lowest BCUT2D eigenvalue weighted by atomic mass is 10.1. The fourth-order valence-electron chi connectivity index (χ4n) is 3.11. The molecule has 7 nitrogen and oxygen atoms in total. The average Bonchev–Trinajstić information content (AvgIpc) is 2.73. The maximum Gasteiger partial charge on any atom is 0.409 e. The van der Waals surface area contributed by atoms with Gasteiger partial charge in [0.1, 0.15) is 0 Å². The molecule has 0 atom stereocenters. The van der Waals surface area contributed by atoms with Crippen molar-refractivity contribution in [3.05, 3.63) is 35.9 Å². The van der Waals surface area contributed by atoms with Crippen LogP contribution in [0.1, 0.15) is 38.2 Å². The van der Waals surface area contributed by atoms with Gasteiger partial charge in [0, 0.05) is 39.3 Å². The predicted octanol–water partition coefficient (Wildman–Crippen LogP) is 2.77. The Morgan fingerprint density at radius 2 is 1.96 bits per heavy atom. The van der Waals surface area contributed by atoms with E-state index in [1.54, 1.807) is 11.9 Å². The molecule has 0 saturated carbocycles. The second kappa shape index (κ2) is 13.0. The molecule has 1 aliphatic rings. The molecule has 1 aliphatic heterocycles. The van der Waals surface area contributed by atoms with Crippen LogP contribution in [0.3, 0.4) is 0 Å². The number of carbonyl (C=O) groups excluding carboxylic acids is 1. The maximum atomic E-state index is 11.8. The van der Waals surface area contributed by atoms with Crippen LogP contribution >= 0.6 is 0 Å². The first-order chi connectivity index (χ1) is 13.7. The van der Waals surface area contributed by atoms with Crippen LogP contribution in [0.2, 0.25) is 0 Å². The van der Waals surface area contributed by atoms with Crippen molar-refractivity contribution in [3.8, 4) is 0 Å². The van der Waals surface area contributed by atoms with E-state index in [0.717, 1.165) is 44.8 Å². The Kier molecular flexibility index (Phi) is 10.2. The Morgan fingerprint density at radius 1 is 1.21 bits per heavy atom. The fraction of sp³-hybridized carbons (Fsp3) is 0.619. The summed E-state index contributed by atoms with van der Waals surface area (Å²) >= 11 is 0. The van der Waals surface area contributed by atoms with Gasteiger partial charge in [0.05, 0.1) is 13.2 Å². The second-order valence-corrected chi connectivity index (χ2v) is 6.85. The normalized spacial score (nSPS) is 15.4. The van der Waals surface area contributed by atoms with Gasteiger partial charge in [-0.2, -0.15) is 0 Å². The van der Waals surface area contributed by atoms with Crippen LogP contribution in [0.25, 0.3) is 0 Å². The number of amides is 1. The van der Waals surface area contributed by atoms with Gasteiger partial charge in [0.15, 0.2) is 5.96 Å². The molecule has 2 N–H and O–H groups in total. The highest BCUT2D eigenvalue weighted by molar-refractivity contribution is 5.80. The van der Waals surface area contributed by atoms with Gasteiger partial charge in [-0.15, -0.1) is 0 Å². The van der Waals surface area contributed by atoms with Gasteiger partial charge in [-0.1, -0.05) is 30.3 Å². The van der Waals surface area contributed by atoms with Crippen LogP contribution in [0.15, 0.2) is 35.3 Å². The van der Waals surface area contributed by atoms with E-state index in [2.05, 4.69) is 27.8 Å². The summed E-state index contributed by atoms with van der Waals surface area (Å²) in [5, 5.41) is 6.81. The van der Waals surface area contributed by atoms with E-state index in [-0.39, 0.29) is 6.09 Å². The lowest BCUT2D eigenvalue weighted by Crippen LogP contribution is -2.50. The molecule has 7 heteroatoms. The number of aliphatic imine (C=N–C) groups is 1. The van der Waals surface area contributed by atoms with Crippen molar-refractivity contribution in [3.63, 3.8) is 0 Å². The first-order valence-electron chi connectivity index (χ1n) is 10.2. The Hall–Kier alpha value is -2.28. The molecule has 1 saturated heterocycles. The highest BCUT2D eigenvalue weighted by Gasteiger charge is 2.23. The molecular weight excluding hydrogens is 356 g/mol. The summed E-state index contributed by atoms with van der Waals surface area (Å²) in [6.45, 7) is 5.97. The van der Waals surface area contributed by atoms with E-state index in [9.17, 15) is 4.79 Å². The molecule has 2 rings (SSSR count). The van der Waals surface area contributed by atoms with Crippen molar-refractivity contribution in [2.24, 2.45) is 4.99 Å². The molecule has 0 unspecified atom stereocenters. The van der Waals surface area contributed by atoms with Crippen LogP contribution < -0.4 is 10.6 Å². The van der Waals surface area contributed by atoms with Gasteiger partial charge in [-0.05, 0) is 38.2 Å². The summed E-state index contributed by atoms with van der Waals surface area (Å²) < 4.78 is 10.8. The van der Waals surface area contributed by atoms with Crippen molar-refractivity contribution in [1.29, 1.82) is 0 Å². The van der Waals surface area contributed by atoms with Crippen molar-refractivity contribution in [2.45, 2.75) is 45.3 Å². The molecule has 1 aromatic carbocycles. The minimum absolute atomic E-state index is 0.210. The number of rotatable bonds is 9. The summed E-state index contributed by atoms with van der Waals surface area (Å²) in [4.78, 5) is 17.8. The number of likely N-dealkylation sites (tertiary alicyclic amines) is 1.